The van der Waals surface area contributed by atoms with Crippen LogP contribution in [0.2, 0.25) is 0 Å². The van der Waals surface area contributed by atoms with Gasteiger partial charge in [-0.1, -0.05) is 0 Å². The van der Waals surface area contributed by atoms with Gasteiger partial charge in [-0.15, -0.1) is 12.4 Å². The fourth-order valence-corrected chi connectivity index (χ4v) is 3.75. The number of hydrogen-bond acceptors (Lipinski definition) is 5. The minimum Gasteiger partial charge on any atom is -0.385 e. The molecule has 0 aromatic carbocycles. The zero-order valence-electron chi connectivity index (χ0n) is 15.4. The highest BCUT2D eigenvalue weighted by molar-refractivity contribution is 6.07. The lowest BCUT2D eigenvalue weighted by Gasteiger charge is -2.38. The number of piperidine rings is 1. The van der Waals surface area contributed by atoms with E-state index in [4.69, 9.17) is 4.74 Å². The van der Waals surface area contributed by atoms with Crippen LogP contribution in [0.4, 0.5) is 4.79 Å². The Hall–Kier alpha value is -1.64. The highest BCUT2D eigenvalue weighted by Gasteiger charge is 2.56. The second-order valence-corrected chi connectivity index (χ2v) is 6.62. The van der Waals surface area contributed by atoms with E-state index in [-0.39, 0.29) is 30.9 Å². The van der Waals surface area contributed by atoms with Gasteiger partial charge in [-0.3, -0.25) is 14.4 Å². The van der Waals surface area contributed by atoms with Crippen molar-refractivity contribution in [3.05, 3.63) is 18.0 Å². The van der Waals surface area contributed by atoms with Crippen molar-refractivity contribution in [1.29, 1.82) is 0 Å². The Balaban J connectivity index is 0.00000243. The molecule has 26 heavy (non-hydrogen) atoms. The highest BCUT2D eigenvalue weighted by Crippen LogP contribution is 2.36. The van der Waals surface area contributed by atoms with Crippen LogP contribution in [-0.4, -0.2) is 70.4 Å². The van der Waals surface area contributed by atoms with Gasteiger partial charge >= 0.3 is 6.03 Å². The van der Waals surface area contributed by atoms with E-state index in [0.29, 0.717) is 26.0 Å². The molecule has 3 rings (SSSR count). The van der Waals surface area contributed by atoms with Crippen molar-refractivity contribution >= 4 is 24.3 Å². The molecule has 3 amide bonds. The number of imide groups is 1. The number of carbonyl (C=O) groups excluding carboxylic acids is 2. The maximum Gasteiger partial charge on any atom is 0.328 e. The summed E-state index contributed by atoms with van der Waals surface area (Å²) >= 11 is 0. The monoisotopic (exact) mass is 385 g/mol. The van der Waals surface area contributed by atoms with Crippen molar-refractivity contribution in [2.75, 3.05) is 33.4 Å². The van der Waals surface area contributed by atoms with Crippen molar-refractivity contribution in [3.63, 3.8) is 0 Å². The number of carbonyl (C=O) groups is 2. The molecule has 2 saturated heterocycles. The molecule has 0 unspecified atom stereocenters. The Labute approximate surface area is 160 Å². The predicted molar refractivity (Wildman–Crippen MR) is 99.1 cm³/mol. The Kier molecular flexibility index (Phi) is 7.02. The van der Waals surface area contributed by atoms with Gasteiger partial charge in [-0.25, -0.2) is 4.79 Å². The summed E-state index contributed by atoms with van der Waals surface area (Å²) in [6.45, 7) is 5.62. The zero-order valence-corrected chi connectivity index (χ0v) is 16.3. The van der Waals surface area contributed by atoms with Crippen molar-refractivity contribution in [1.82, 2.24) is 24.9 Å². The van der Waals surface area contributed by atoms with Crippen LogP contribution in [-0.2, 0) is 22.6 Å². The minimum atomic E-state index is -0.705. The Morgan fingerprint density at radius 3 is 2.65 bits per heavy atom. The fourth-order valence-electron chi connectivity index (χ4n) is 3.75. The molecule has 1 spiro atoms. The normalized spacial score (nSPS) is 19.3. The summed E-state index contributed by atoms with van der Waals surface area (Å²) < 4.78 is 6.92. The first kappa shape index (κ1) is 20.7. The second kappa shape index (κ2) is 8.83. The van der Waals surface area contributed by atoms with E-state index in [9.17, 15) is 9.59 Å². The summed E-state index contributed by atoms with van der Waals surface area (Å²) in [6.07, 6.45) is 3.91. The lowest BCUT2D eigenvalue weighted by Crippen LogP contribution is -2.56. The van der Waals surface area contributed by atoms with Crippen LogP contribution in [0.3, 0.4) is 0 Å². The van der Waals surface area contributed by atoms with Crippen molar-refractivity contribution in [2.24, 2.45) is 0 Å². The molecule has 1 N–H and O–H groups in total. The lowest BCUT2D eigenvalue weighted by molar-refractivity contribution is -0.135. The zero-order chi connectivity index (χ0) is 17.9. The van der Waals surface area contributed by atoms with Crippen LogP contribution in [0.1, 0.15) is 31.9 Å². The molecule has 0 bridgehead atoms. The van der Waals surface area contributed by atoms with Crippen molar-refractivity contribution < 1.29 is 14.3 Å². The molecule has 146 valence electrons. The topological polar surface area (TPSA) is 79.7 Å². The van der Waals surface area contributed by atoms with Crippen LogP contribution < -0.4 is 5.32 Å². The third kappa shape index (κ3) is 3.72. The number of nitrogens with one attached hydrogen (secondary N) is 1. The number of methoxy groups -OCH3 is 1. The average Bonchev–Trinajstić information content (AvgIpc) is 3.16. The van der Waals surface area contributed by atoms with Crippen LogP contribution in [0.5, 0.6) is 0 Å². The van der Waals surface area contributed by atoms with Gasteiger partial charge in [-0.2, -0.15) is 5.10 Å². The van der Waals surface area contributed by atoms with Gasteiger partial charge in [-0.05, 0) is 45.3 Å². The molecule has 1 aromatic rings. The first-order valence-corrected chi connectivity index (χ1v) is 8.98. The third-order valence-electron chi connectivity index (χ3n) is 5.12. The minimum absolute atomic E-state index is 0. The number of halogens is 1. The molecule has 2 fully saturated rings. The van der Waals surface area contributed by atoms with E-state index in [1.807, 2.05) is 19.2 Å². The van der Waals surface area contributed by atoms with E-state index in [0.717, 1.165) is 31.7 Å². The van der Waals surface area contributed by atoms with Gasteiger partial charge in [0.05, 0.1) is 12.2 Å². The molecule has 2 aliphatic heterocycles. The lowest BCUT2D eigenvalue weighted by atomic mass is 9.86. The number of urea groups is 1. The standard InChI is InChI=1S/C17H27N5O3.ClH/c1-3-20-11-5-14(19-20)13-21-15(23)17(6-8-18-9-7-17)22(16(21)24)10-4-12-25-2;/h5,11,18H,3-4,6-10,12-13H2,1-2H3;1H. The second-order valence-electron chi connectivity index (χ2n) is 6.62. The quantitative estimate of drug-likeness (QED) is 0.564. The van der Waals surface area contributed by atoms with Gasteiger partial charge in [0.1, 0.15) is 5.54 Å². The summed E-state index contributed by atoms with van der Waals surface area (Å²) in [5.41, 5.74) is 0.0371. The van der Waals surface area contributed by atoms with Gasteiger partial charge in [0.2, 0.25) is 0 Å². The summed E-state index contributed by atoms with van der Waals surface area (Å²) in [5, 5.41) is 7.70. The maximum atomic E-state index is 13.2. The Bertz CT molecular complexity index is 630. The number of aromatic nitrogens is 2. The summed E-state index contributed by atoms with van der Waals surface area (Å²) in [6, 6.07) is 1.67. The summed E-state index contributed by atoms with van der Waals surface area (Å²) in [5.74, 6) is -0.0811. The van der Waals surface area contributed by atoms with Gasteiger partial charge in [0, 0.05) is 33.0 Å². The van der Waals surface area contributed by atoms with E-state index in [1.165, 1.54) is 4.90 Å². The van der Waals surface area contributed by atoms with Crippen LogP contribution in [0.15, 0.2) is 12.3 Å². The van der Waals surface area contributed by atoms with Crippen LogP contribution in [0, 0.1) is 0 Å². The molecule has 0 atom stereocenters. The molecular formula is C17H28ClN5O3. The molecule has 2 aliphatic rings. The van der Waals surface area contributed by atoms with E-state index in [2.05, 4.69) is 10.4 Å². The number of ether oxygens (including phenoxy) is 1. The van der Waals surface area contributed by atoms with Gasteiger partial charge in [0.15, 0.2) is 0 Å². The fraction of sp³-hybridized carbons (Fsp3) is 0.706. The SMILES string of the molecule is CCn1ccc(CN2C(=O)N(CCCOC)C3(CCNCC3)C2=O)n1.Cl. The van der Waals surface area contributed by atoms with Crippen LogP contribution in [0.25, 0.3) is 0 Å². The highest BCUT2D eigenvalue weighted by atomic mass is 35.5. The largest absolute Gasteiger partial charge is 0.385 e. The van der Waals surface area contributed by atoms with Crippen molar-refractivity contribution in [2.45, 2.75) is 44.8 Å². The number of nitrogens with zero attached hydrogens (tertiary/aromatic N) is 4. The molecule has 1 aromatic heterocycles. The number of amides is 3. The van der Waals surface area contributed by atoms with Crippen molar-refractivity contribution in [3.8, 4) is 0 Å². The molecule has 9 heteroatoms. The third-order valence-corrected chi connectivity index (χ3v) is 5.12. The van der Waals surface area contributed by atoms with Crippen LogP contribution >= 0.6 is 12.4 Å². The molecular weight excluding hydrogens is 358 g/mol. The van der Waals surface area contributed by atoms with E-state index < -0.39 is 5.54 Å². The Morgan fingerprint density at radius 1 is 1.31 bits per heavy atom. The van der Waals surface area contributed by atoms with Gasteiger partial charge < -0.3 is 15.0 Å². The summed E-state index contributed by atoms with van der Waals surface area (Å²) in [4.78, 5) is 29.3. The van der Waals surface area contributed by atoms with Gasteiger partial charge in [0.25, 0.3) is 5.91 Å². The molecule has 0 radical (unpaired) electrons. The number of hydrogen-bond donors (Lipinski definition) is 1. The Morgan fingerprint density at radius 2 is 2.04 bits per heavy atom. The smallest absolute Gasteiger partial charge is 0.328 e. The molecule has 0 saturated carbocycles. The number of aryl methyl sites for hydroxylation is 1. The molecule has 0 aliphatic carbocycles. The van der Waals surface area contributed by atoms with E-state index >= 15 is 0 Å². The average molecular weight is 386 g/mol. The molecule has 3 heterocycles. The van der Waals surface area contributed by atoms with E-state index in [1.54, 1.807) is 16.7 Å². The molecule has 8 nitrogen and oxygen atoms in total. The maximum absolute atomic E-state index is 13.2. The summed E-state index contributed by atoms with van der Waals surface area (Å²) in [7, 11) is 1.65. The predicted octanol–water partition coefficient (Wildman–Crippen LogP) is 1.25. The first-order valence-electron chi connectivity index (χ1n) is 8.98. The number of rotatable bonds is 7. The first-order chi connectivity index (χ1) is 12.1.